The molecule has 2 nitrogen and oxygen atoms in total. The lowest BCUT2D eigenvalue weighted by atomic mass is 9.85. The molecule has 1 unspecified atom stereocenters. The Bertz CT molecular complexity index is 365. The van der Waals surface area contributed by atoms with Crippen molar-refractivity contribution >= 4 is 11.3 Å². The average Bonchev–Trinajstić information content (AvgIpc) is 2.65. The molecule has 0 aromatic carbocycles. The molecular formula is C14H25NOS. The van der Waals surface area contributed by atoms with E-state index in [1.165, 1.54) is 0 Å². The second kappa shape index (κ2) is 5.07. The molecule has 1 rings (SSSR count). The molecule has 0 spiro atoms. The zero-order chi connectivity index (χ0) is 13.3. The van der Waals surface area contributed by atoms with Gasteiger partial charge in [0.25, 0.3) is 0 Å². The van der Waals surface area contributed by atoms with Crippen LogP contribution in [0.1, 0.15) is 58.7 Å². The third kappa shape index (κ3) is 3.52. The van der Waals surface area contributed by atoms with E-state index in [4.69, 9.17) is 0 Å². The van der Waals surface area contributed by atoms with Gasteiger partial charge in [-0.3, -0.25) is 0 Å². The van der Waals surface area contributed by atoms with Gasteiger partial charge >= 0.3 is 0 Å². The topological polar surface area (TPSA) is 33.1 Å². The second-order valence-electron chi connectivity index (χ2n) is 6.17. The number of aliphatic hydroxyl groups is 1. The van der Waals surface area contributed by atoms with Gasteiger partial charge in [0.1, 0.15) is 0 Å². The van der Waals surface area contributed by atoms with E-state index in [0.29, 0.717) is 6.42 Å². The molecule has 0 aliphatic heterocycles. The van der Waals surface area contributed by atoms with Crippen LogP contribution < -0.4 is 0 Å². The van der Waals surface area contributed by atoms with Crippen molar-refractivity contribution in [2.45, 2.75) is 65.4 Å². The summed E-state index contributed by atoms with van der Waals surface area (Å²) in [5.41, 5.74) is 0.601. The molecular weight excluding hydrogens is 230 g/mol. The summed E-state index contributed by atoms with van der Waals surface area (Å²) in [6.07, 6.45) is 1.44. The summed E-state index contributed by atoms with van der Waals surface area (Å²) < 4.78 is 0. The summed E-state index contributed by atoms with van der Waals surface area (Å²) in [6, 6.07) is 0. The van der Waals surface area contributed by atoms with Gasteiger partial charge in [-0.2, -0.15) is 0 Å². The van der Waals surface area contributed by atoms with Gasteiger partial charge in [-0.1, -0.05) is 41.5 Å². The molecule has 0 fully saturated rings. The highest BCUT2D eigenvalue weighted by Gasteiger charge is 2.30. The van der Waals surface area contributed by atoms with Gasteiger partial charge in [0.05, 0.1) is 16.3 Å². The Hall–Kier alpha value is -0.410. The lowest BCUT2D eigenvalue weighted by molar-refractivity contribution is -0.00836. The number of aromatic nitrogens is 1. The highest BCUT2D eigenvalue weighted by atomic mass is 32.1. The van der Waals surface area contributed by atoms with Crippen LogP contribution in [-0.4, -0.2) is 15.7 Å². The van der Waals surface area contributed by atoms with E-state index in [2.05, 4.69) is 45.0 Å². The Labute approximate surface area is 109 Å². The van der Waals surface area contributed by atoms with Crippen molar-refractivity contribution in [2.24, 2.45) is 5.92 Å². The fourth-order valence-electron chi connectivity index (χ4n) is 1.74. The summed E-state index contributed by atoms with van der Waals surface area (Å²) in [6.45, 7) is 12.7. The van der Waals surface area contributed by atoms with Crippen LogP contribution >= 0.6 is 11.3 Å². The van der Waals surface area contributed by atoms with Crippen LogP contribution in [0.5, 0.6) is 0 Å². The first-order chi connectivity index (χ1) is 7.69. The van der Waals surface area contributed by atoms with Crippen molar-refractivity contribution < 1.29 is 5.11 Å². The molecule has 0 saturated carbocycles. The van der Waals surface area contributed by atoms with Crippen molar-refractivity contribution in [2.75, 3.05) is 0 Å². The van der Waals surface area contributed by atoms with Crippen LogP contribution in [0.15, 0.2) is 5.38 Å². The zero-order valence-electron chi connectivity index (χ0n) is 11.9. The Morgan fingerprint density at radius 3 is 2.29 bits per heavy atom. The molecule has 0 amide bonds. The maximum atomic E-state index is 10.5. The minimum atomic E-state index is -0.618. The molecule has 0 bridgehead atoms. The molecule has 1 N–H and O–H groups in total. The van der Waals surface area contributed by atoms with Gasteiger partial charge in [0.15, 0.2) is 0 Å². The van der Waals surface area contributed by atoms with E-state index in [1.54, 1.807) is 11.3 Å². The summed E-state index contributed by atoms with van der Waals surface area (Å²) in [5, 5.41) is 13.7. The van der Waals surface area contributed by atoms with Crippen molar-refractivity contribution in [3.63, 3.8) is 0 Å². The quantitative estimate of drug-likeness (QED) is 0.888. The largest absolute Gasteiger partial charge is 0.389 e. The molecule has 0 saturated heterocycles. The molecule has 1 aromatic rings. The van der Waals surface area contributed by atoms with Crippen molar-refractivity contribution in [1.29, 1.82) is 0 Å². The summed E-state index contributed by atoms with van der Waals surface area (Å²) in [7, 11) is 0. The molecule has 1 heterocycles. The van der Waals surface area contributed by atoms with Crippen molar-refractivity contribution in [3.8, 4) is 0 Å². The maximum Gasteiger partial charge on any atom is 0.0957 e. The molecule has 98 valence electrons. The van der Waals surface area contributed by atoms with Crippen molar-refractivity contribution in [1.82, 2.24) is 4.98 Å². The van der Waals surface area contributed by atoms with Crippen LogP contribution in [0.3, 0.4) is 0 Å². The molecule has 1 atom stereocenters. The lowest BCUT2D eigenvalue weighted by Gasteiger charge is -2.30. The Morgan fingerprint density at radius 2 is 1.94 bits per heavy atom. The Balaban J connectivity index is 2.86. The Morgan fingerprint density at radius 1 is 1.35 bits per heavy atom. The number of hydrogen-bond donors (Lipinski definition) is 1. The van der Waals surface area contributed by atoms with Gasteiger partial charge in [-0.25, -0.2) is 4.98 Å². The molecule has 0 aliphatic carbocycles. The van der Waals surface area contributed by atoms with Crippen LogP contribution in [0, 0.1) is 5.92 Å². The molecule has 0 aliphatic rings. The number of rotatable bonds is 4. The summed E-state index contributed by atoms with van der Waals surface area (Å²) in [4.78, 5) is 4.66. The molecule has 1 aromatic heterocycles. The van der Waals surface area contributed by atoms with Crippen LogP contribution in [0.2, 0.25) is 0 Å². The molecule has 17 heavy (non-hydrogen) atoms. The first-order valence-electron chi connectivity index (χ1n) is 6.36. The zero-order valence-corrected chi connectivity index (χ0v) is 12.7. The fourth-order valence-corrected chi connectivity index (χ4v) is 2.87. The van der Waals surface area contributed by atoms with Crippen LogP contribution in [0.25, 0.3) is 0 Å². The minimum Gasteiger partial charge on any atom is -0.389 e. The van der Waals surface area contributed by atoms with Crippen LogP contribution in [0.4, 0.5) is 0 Å². The maximum absolute atomic E-state index is 10.5. The number of hydrogen-bond acceptors (Lipinski definition) is 3. The van der Waals surface area contributed by atoms with Gasteiger partial charge in [-0.15, -0.1) is 11.3 Å². The standard InChI is InChI=1S/C14H25NOS/c1-7-14(16,10(2)3)8-12-15-11(9-17-12)13(4,5)6/h9-10,16H,7-8H2,1-6H3. The van der Waals surface area contributed by atoms with Crippen molar-refractivity contribution in [3.05, 3.63) is 16.1 Å². The lowest BCUT2D eigenvalue weighted by Crippen LogP contribution is -2.36. The third-order valence-electron chi connectivity index (χ3n) is 3.46. The smallest absolute Gasteiger partial charge is 0.0957 e. The van der Waals surface area contributed by atoms with E-state index in [1.807, 2.05) is 6.92 Å². The monoisotopic (exact) mass is 255 g/mol. The average molecular weight is 255 g/mol. The third-order valence-corrected chi connectivity index (χ3v) is 4.31. The SMILES string of the molecule is CCC(O)(Cc1nc(C(C)(C)C)cs1)C(C)C. The summed E-state index contributed by atoms with van der Waals surface area (Å²) >= 11 is 1.66. The van der Waals surface area contributed by atoms with E-state index >= 15 is 0 Å². The van der Waals surface area contributed by atoms with Gasteiger partial charge < -0.3 is 5.11 Å². The predicted octanol–water partition coefficient (Wildman–Crippen LogP) is 3.78. The number of thiazole rings is 1. The fraction of sp³-hybridized carbons (Fsp3) is 0.786. The van der Waals surface area contributed by atoms with E-state index in [9.17, 15) is 5.11 Å². The first-order valence-corrected chi connectivity index (χ1v) is 7.24. The summed E-state index contributed by atoms with van der Waals surface area (Å²) in [5.74, 6) is 0.259. The molecule has 0 radical (unpaired) electrons. The predicted molar refractivity (Wildman–Crippen MR) is 74.6 cm³/mol. The minimum absolute atomic E-state index is 0.0942. The van der Waals surface area contributed by atoms with Crippen LogP contribution in [-0.2, 0) is 11.8 Å². The highest BCUT2D eigenvalue weighted by Crippen LogP contribution is 2.29. The van der Waals surface area contributed by atoms with Gasteiger partial charge in [-0.05, 0) is 12.3 Å². The first kappa shape index (κ1) is 14.7. The van der Waals surface area contributed by atoms with E-state index in [0.717, 1.165) is 17.1 Å². The van der Waals surface area contributed by atoms with E-state index < -0.39 is 5.60 Å². The van der Waals surface area contributed by atoms with Gasteiger partial charge in [0, 0.05) is 17.2 Å². The van der Waals surface area contributed by atoms with Gasteiger partial charge in [0.2, 0.25) is 0 Å². The highest BCUT2D eigenvalue weighted by molar-refractivity contribution is 7.09. The molecule has 3 heteroatoms. The Kier molecular flexibility index (Phi) is 4.37. The number of nitrogens with zero attached hydrogens (tertiary/aromatic N) is 1. The van der Waals surface area contributed by atoms with E-state index in [-0.39, 0.29) is 11.3 Å². The second-order valence-corrected chi connectivity index (χ2v) is 7.11. The normalized spacial score (nSPS) is 16.2.